The first-order valence-electron chi connectivity index (χ1n) is 11.1. The van der Waals surface area contributed by atoms with Gasteiger partial charge in [-0.25, -0.2) is 4.98 Å². The fourth-order valence-corrected chi connectivity index (χ4v) is 3.93. The highest BCUT2D eigenvalue weighted by atomic mass is 16.5. The lowest BCUT2D eigenvalue weighted by Crippen LogP contribution is -2.27. The third-order valence-corrected chi connectivity index (χ3v) is 5.77. The number of fused-ring (bicyclic) bond motifs is 2. The molecule has 0 amide bonds. The van der Waals surface area contributed by atoms with Crippen molar-refractivity contribution in [2.24, 2.45) is 5.41 Å². The van der Waals surface area contributed by atoms with Crippen LogP contribution in [0.4, 0.5) is 0 Å². The summed E-state index contributed by atoms with van der Waals surface area (Å²) in [6.45, 7) is 10.0. The Kier molecular flexibility index (Phi) is 6.57. The monoisotopic (exact) mass is 416 g/mol. The molecule has 0 atom stereocenters. The zero-order valence-corrected chi connectivity index (χ0v) is 18.8. The third-order valence-electron chi connectivity index (χ3n) is 5.77. The Labute approximate surface area is 185 Å². The van der Waals surface area contributed by atoms with Crippen molar-refractivity contribution in [1.29, 1.82) is 0 Å². The van der Waals surface area contributed by atoms with E-state index in [1.807, 2.05) is 30.3 Å². The Bertz CT molecular complexity index is 998. The summed E-state index contributed by atoms with van der Waals surface area (Å²) in [6, 6.07) is 20.8. The normalized spacial score (nSPS) is 17.0. The summed E-state index contributed by atoms with van der Waals surface area (Å²) in [6.07, 6.45) is 3.99. The molecule has 4 heteroatoms. The Morgan fingerprint density at radius 1 is 0.968 bits per heavy atom. The number of ether oxygens (including phenoxy) is 2. The lowest BCUT2D eigenvalue weighted by Gasteiger charge is -2.27. The number of hydrogen-bond acceptors (Lipinski definition) is 4. The molecule has 1 aliphatic heterocycles. The maximum absolute atomic E-state index is 6.27. The second kappa shape index (κ2) is 9.52. The molecule has 0 bridgehead atoms. The number of aryl methyl sites for hydroxylation is 1. The smallest absolute Gasteiger partial charge is 0.223 e. The molecule has 0 radical (unpaired) electrons. The van der Waals surface area contributed by atoms with Gasteiger partial charge >= 0.3 is 0 Å². The van der Waals surface area contributed by atoms with E-state index < -0.39 is 0 Å². The van der Waals surface area contributed by atoms with Crippen LogP contribution in [0.1, 0.15) is 43.4 Å². The standard InChI is InChI=1S/C27H32N2O2/c1-21-11-13-22(14-12-21)18-29-17-7-15-27(2,3)20-30-24-9-4-5-10-25(24)31-26-23(19-29)8-6-16-28-26/h4-6,8-14,16H,7,15,17-20H2,1-3H3. The van der Waals surface area contributed by atoms with Crippen LogP contribution < -0.4 is 9.47 Å². The van der Waals surface area contributed by atoms with Gasteiger partial charge in [0.1, 0.15) is 0 Å². The predicted octanol–water partition coefficient (Wildman–Crippen LogP) is 6.38. The summed E-state index contributed by atoms with van der Waals surface area (Å²) in [5.41, 5.74) is 3.79. The van der Waals surface area contributed by atoms with Crippen LogP contribution in [0.15, 0.2) is 66.9 Å². The molecule has 0 spiro atoms. The van der Waals surface area contributed by atoms with Gasteiger partial charge in [0.25, 0.3) is 0 Å². The van der Waals surface area contributed by atoms with Gasteiger partial charge in [-0.05, 0) is 55.5 Å². The first-order chi connectivity index (χ1) is 15.0. The lowest BCUT2D eigenvalue weighted by atomic mass is 9.88. The summed E-state index contributed by atoms with van der Waals surface area (Å²) < 4.78 is 12.5. The topological polar surface area (TPSA) is 34.6 Å². The molecule has 0 fully saturated rings. The summed E-state index contributed by atoms with van der Waals surface area (Å²) in [5, 5.41) is 0. The van der Waals surface area contributed by atoms with Crippen LogP contribution in [0.2, 0.25) is 0 Å². The van der Waals surface area contributed by atoms with Gasteiger partial charge in [-0.1, -0.05) is 61.9 Å². The zero-order valence-electron chi connectivity index (χ0n) is 18.8. The number of pyridine rings is 1. The highest BCUT2D eigenvalue weighted by Crippen LogP contribution is 2.34. The maximum atomic E-state index is 6.27. The molecule has 4 rings (SSSR count). The van der Waals surface area contributed by atoms with Gasteiger partial charge in [-0.3, -0.25) is 4.90 Å². The van der Waals surface area contributed by atoms with Crippen molar-refractivity contribution in [1.82, 2.24) is 9.88 Å². The molecule has 1 aliphatic rings. The Morgan fingerprint density at radius 3 is 2.55 bits per heavy atom. The SMILES string of the molecule is Cc1ccc(CN2CCCC(C)(C)COc3ccccc3Oc3ncccc3C2)cc1. The van der Waals surface area contributed by atoms with Crippen molar-refractivity contribution in [3.8, 4) is 17.4 Å². The Balaban J connectivity index is 1.65. The summed E-state index contributed by atoms with van der Waals surface area (Å²) >= 11 is 0. The largest absolute Gasteiger partial charge is 0.489 e. The molecule has 0 aliphatic carbocycles. The number of rotatable bonds is 2. The van der Waals surface area contributed by atoms with Crippen LogP contribution in [0, 0.1) is 12.3 Å². The summed E-state index contributed by atoms with van der Waals surface area (Å²) in [5.74, 6) is 2.12. The van der Waals surface area contributed by atoms with E-state index in [2.05, 4.69) is 61.0 Å². The van der Waals surface area contributed by atoms with E-state index in [0.717, 1.165) is 43.8 Å². The van der Waals surface area contributed by atoms with Crippen LogP contribution in [0.5, 0.6) is 17.4 Å². The minimum Gasteiger partial charge on any atom is -0.489 e. The van der Waals surface area contributed by atoms with Crippen LogP contribution in [-0.4, -0.2) is 23.0 Å². The first kappa shape index (κ1) is 21.4. The average molecular weight is 417 g/mol. The number of aromatic nitrogens is 1. The first-order valence-corrected chi connectivity index (χ1v) is 11.1. The molecular formula is C27H32N2O2. The highest BCUT2D eigenvalue weighted by Gasteiger charge is 2.22. The van der Waals surface area contributed by atoms with Gasteiger partial charge in [-0.2, -0.15) is 0 Å². The number of para-hydroxylation sites is 2. The molecule has 4 nitrogen and oxygen atoms in total. The van der Waals surface area contributed by atoms with Gasteiger partial charge < -0.3 is 9.47 Å². The van der Waals surface area contributed by atoms with Crippen LogP contribution in [0.25, 0.3) is 0 Å². The van der Waals surface area contributed by atoms with Gasteiger partial charge in [0.15, 0.2) is 11.5 Å². The van der Waals surface area contributed by atoms with Crippen LogP contribution >= 0.6 is 0 Å². The van der Waals surface area contributed by atoms with Gasteiger partial charge in [0, 0.05) is 24.8 Å². The molecular weight excluding hydrogens is 384 g/mol. The second-order valence-electron chi connectivity index (χ2n) is 9.27. The molecule has 0 saturated heterocycles. The fraction of sp³-hybridized carbons (Fsp3) is 0.370. The van der Waals surface area contributed by atoms with Crippen LogP contribution in [-0.2, 0) is 13.1 Å². The predicted molar refractivity (Wildman–Crippen MR) is 125 cm³/mol. The van der Waals surface area contributed by atoms with Gasteiger partial charge in [0.05, 0.1) is 6.61 Å². The average Bonchev–Trinajstić information content (AvgIpc) is 2.76. The third kappa shape index (κ3) is 5.86. The minimum atomic E-state index is 0.0851. The molecule has 31 heavy (non-hydrogen) atoms. The van der Waals surface area contributed by atoms with Crippen molar-refractivity contribution in [2.75, 3.05) is 13.2 Å². The number of nitrogens with zero attached hydrogens (tertiary/aromatic N) is 2. The molecule has 0 saturated carbocycles. The molecule has 3 aromatic rings. The van der Waals surface area contributed by atoms with Crippen molar-refractivity contribution >= 4 is 0 Å². The zero-order chi connectivity index (χ0) is 21.7. The number of hydrogen-bond donors (Lipinski definition) is 0. The Morgan fingerprint density at radius 2 is 1.74 bits per heavy atom. The van der Waals surface area contributed by atoms with Crippen molar-refractivity contribution in [3.05, 3.63) is 83.6 Å². The molecule has 0 N–H and O–H groups in total. The van der Waals surface area contributed by atoms with Crippen molar-refractivity contribution in [2.45, 2.75) is 46.7 Å². The van der Waals surface area contributed by atoms with E-state index in [1.165, 1.54) is 11.1 Å². The summed E-state index contributed by atoms with van der Waals surface area (Å²) in [4.78, 5) is 7.04. The molecule has 0 unspecified atom stereocenters. The second-order valence-corrected chi connectivity index (χ2v) is 9.27. The van der Waals surface area contributed by atoms with E-state index in [-0.39, 0.29) is 5.41 Å². The quantitative estimate of drug-likeness (QED) is 0.485. The molecule has 1 aromatic heterocycles. The van der Waals surface area contributed by atoms with Crippen molar-refractivity contribution in [3.63, 3.8) is 0 Å². The van der Waals surface area contributed by atoms with E-state index in [9.17, 15) is 0 Å². The molecule has 162 valence electrons. The summed E-state index contributed by atoms with van der Waals surface area (Å²) in [7, 11) is 0. The highest BCUT2D eigenvalue weighted by molar-refractivity contribution is 5.43. The van der Waals surface area contributed by atoms with E-state index >= 15 is 0 Å². The van der Waals surface area contributed by atoms with Gasteiger partial charge in [0.2, 0.25) is 5.88 Å². The Hall–Kier alpha value is -2.85. The molecule has 2 heterocycles. The minimum absolute atomic E-state index is 0.0851. The lowest BCUT2D eigenvalue weighted by molar-refractivity contribution is 0.154. The van der Waals surface area contributed by atoms with Crippen LogP contribution in [0.3, 0.4) is 0 Å². The molecule has 2 aromatic carbocycles. The number of benzene rings is 2. The fourth-order valence-electron chi connectivity index (χ4n) is 3.93. The van der Waals surface area contributed by atoms with E-state index in [0.29, 0.717) is 18.2 Å². The van der Waals surface area contributed by atoms with E-state index in [1.54, 1.807) is 6.20 Å². The van der Waals surface area contributed by atoms with E-state index in [4.69, 9.17) is 9.47 Å². The van der Waals surface area contributed by atoms with Crippen molar-refractivity contribution < 1.29 is 9.47 Å². The maximum Gasteiger partial charge on any atom is 0.223 e. The van der Waals surface area contributed by atoms with Gasteiger partial charge in [-0.15, -0.1) is 0 Å².